The summed E-state index contributed by atoms with van der Waals surface area (Å²) in [5, 5.41) is 0.773. The first-order valence-electron chi connectivity index (χ1n) is 7.45. The van der Waals surface area contributed by atoms with Crippen LogP contribution in [0.15, 0.2) is 22.7 Å². The molecule has 2 rings (SSSR count). The zero-order valence-corrected chi connectivity index (χ0v) is 16.7. The van der Waals surface area contributed by atoms with Gasteiger partial charge in [-0.3, -0.25) is 0 Å². The average Bonchev–Trinajstić information content (AvgIpc) is 3.13. The molecule has 1 aliphatic rings. The van der Waals surface area contributed by atoms with Gasteiger partial charge in [-0.1, -0.05) is 54.4 Å². The summed E-state index contributed by atoms with van der Waals surface area (Å²) in [7, 11) is -1.08. The number of rotatable bonds is 5. The van der Waals surface area contributed by atoms with Crippen LogP contribution in [0.2, 0.25) is 5.02 Å². The predicted molar refractivity (Wildman–Crippen MR) is 99.6 cm³/mol. The van der Waals surface area contributed by atoms with Gasteiger partial charge in [0.1, 0.15) is 0 Å². The van der Waals surface area contributed by atoms with Gasteiger partial charge in [-0.2, -0.15) is 0 Å². The van der Waals surface area contributed by atoms with E-state index < -0.39 is 10.3 Å². The summed E-state index contributed by atoms with van der Waals surface area (Å²) in [6.07, 6.45) is 8.48. The third-order valence-electron chi connectivity index (χ3n) is 4.42. The second-order valence-electron chi connectivity index (χ2n) is 7.26. The van der Waals surface area contributed by atoms with E-state index in [1.165, 1.54) is 18.4 Å². The number of hydrogen-bond donors (Lipinski definition) is 0. The van der Waals surface area contributed by atoms with E-state index in [0.717, 1.165) is 21.8 Å². The van der Waals surface area contributed by atoms with E-state index in [1.807, 2.05) is 12.1 Å². The zero-order chi connectivity index (χ0) is 15.8. The molecule has 1 nitrogen and oxygen atoms in total. The minimum absolute atomic E-state index is 0.206. The number of halogens is 2. The van der Waals surface area contributed by atoms with Gasteiger partial charge in [0.15, 0.2) is 0 Å². The molecule has 0 heterocycles. The lowest BCUT2D eigenvalue weighted by Crippen LogP contribution is -2.30. The van der Waals surface area contributed by atoms with Gasteiger partial charge in [-0.15, -0.1) is 10.3 Å². The van der Waals surface area contributed by atoms with E-state index >= 15 is 0 Å². The predicted octanol–water partition coefficient (Wildman–Crippen LogP) is 6.22. The lowest BCUT2D eigenvalue weighted by atomic mass is 10.1. The number of hydrogen-bond acceptors (Lipinski definition) is 1. The highest BCUT2D eigenvalue weighted by Gasteiger charge is 2.38. The van der Waals surface area contributed by atoms with Crippen molar-refractivity contribution in [2.75, 3.05) is 12.5 Å². The molecule has 0 aliphatic heterocycles. The molecule has 0 spiro atoms. The third kappa shape index (κ3) is 4.63. The van der Waals surface area contributed by atoms with Crippen LogP contribution in [0, 0.1) is 5.92 Å². The van der Waals surface area contributed by atoms with Crippen LogP contribution < -0.4 is 0 Å². The van der Waals surface area contributed by atoms with E-state index in [9.17, 15) is 0 Å². The van der Waals surface area contributed by atoms with Crippen LogP contribution in [0.1, 0.15) is 39.2 Å². The van der Waals surface area contributed by atoms with Crippen LogP contribution in [0.3, 0.4) is 0 Å². The van der Waals surface area contributed by atoms with Crippen molar-refractivity contribution in [3.05, 3.63) is 33.3 Å². The molecule has 0 aromatic heterocycles. The van der Waals surface area contributed by atoms with E-state index in [4.69, 9.17) is 15.8 Å². The Labute approximate surface area is 144 Å². The minimum atomic E-state index is -1.08. The zero-order valence-electron chi connectivity index (χ0n) is 13.6. The van der Waals surface area contributed by atoms with Gasteiger partial charge < -0.3 is 4.18 Å². The quantitative estimate of drug-likeness (QED) is 0.577. The van der Waals surface area contributed by atoms with Gasteiger partial charge in [0.2, 0.25) is 0 Å². The van der Waals surface area contributed by atoms with Crippen molar-refractivity contribution in [2.45, 2.75) is 50.9 Å². The first-order chi connectivity index (χ1) is 9.60. The highest BCUT2D eigenvalue weighted by atomic mass is 79.9. The standard InChI is InChI=1S/C17H26BrClOS/c1-17(2,3)21(4,5)20-16(12-6-7-12)10-13-8-9-14(19)11-15(13)18/h8-9,11-12,16H,6-7,10H2,1-5H3. The molecule has 0 radical (unpaired) electrons. The molecule has 1 unspecified atom stereocenters. The Morgan fingerprint density at radius 3 is 2.43 bits per heavy atom. The summed E-state index contributed by atoms with van der Waals surface area (Å²) in [6.45, 7) is 6.85. The second kappa shape index (κ2) is 6.43. The largest absolute Gasteiger partial charge is 0.333 e. The molecule has 1 aromatic carbocycles. The highest BCUT2D eigenvalue weighted by molar-refractivity contribution is 9.10. The second-order valence-corrected chi connectivity index (χ2v) is 12.4. The van der Waals surface area contributed by atoms with Crippen molar-refractivity contribution in [1.29, 1.82) is 0 Å². The summed E-state index contributed by atoms with van der Waals surface area (Å²) < 4.78 is 7.94. The molecule has 0 amide bonds. The fraction of sp³-hybridized carbons (Fsp3) is 0.647. The summed E-state index contributed by atoms with van der Waals surface area (Å²) >= 11 is 9.67. The lowest BCUT2D eigenvalue weighted by Gasteiger charge is -2.46. The van der Waals surface area contributed by atoms with Gasteiger partial charge in [-0.25, -0.2) is 0 Å². The van der Waals surface area contributed by atoms with Crippen molar-refractivity contribution in [2.24, 2.45) is 5.92 Å². The van der Waals surface area contributed by atoms with E-state index in [0.29, 0.717) is 6.10 Å². The Bertz CT molecular complexity index is 506. The van der Waals surface area contributed by atoms with E-state index in [1.54, 1.807) is 0 Å². The highest BCUT2D eigenvalue weighted by Crippen LogP contribution is 2.57. The topological polar surface area (TPSA) is 9.23 Å². The Hall–Kier alpha value is 0.300. The third-order valence-corrected chi connectivity index (χ3v) is 9.07. The maximum absolute atomic E-state index is 6.64. The van der Waals surface area contributed by atoms with Crippen molar-refractivity contribution in [3.63, 3.8) is 0 Å². The van der Waals surface area contributed by atoms with Gasteiger partial charge in [0.05, 0.1) is 6.10 Å². The first kappa shape index (κ1) is 17.7. The summed E-state index contributed by atoms with van der Waals surface area (Å²) in [4.78, 5) is 0. The summed E-state index contributed by atoms with van der Waals surface area (Å²) in [5.74, 6) is 0.724. The van der Waals surface area contributed by atoms with Gasteiger partial charge >= 0.3 is 0 Å². The maximum Gasteiger partial charge on any atom is 0.0769 e. The van der Waals surface area contributed by atoms with Crippen LogP contribution in [0.5, 0.6) is 0 Å². The SMILES string of the molecule is CC(C)(C)S(C)(C)OC(Cc1ccc(Cl)cc1Br)C1CC1. The Balaban J connectivity index is 2.13. The molecule has 1 aliphatic carbocycles. The van der Waals surface area contributed by atoms with Gasteiger partial charge in [0.25, 0.3) is 0 Å². The van der Waals surface area contributed by atoms with Crippen LogP contribution in [0.25, 0.3) is 0 Å². The molecule has 21 heavy (non-hydrogen) atoms. The van der Waals surface area contributed by atoms with Crippen molar-refractivity contribution in [3.8, 4) is 0 Å². The fourth-order valence-electron chi connectivity index (χ4n) is 2.10. The molecule has 120 valence electrons. The monoisotopic (exact) mass is 392 g/mol. The van der Waals surface area contributed by atoms with E-state index in [2.05, 4.69) is 55.3 Å². The maximum atomic E-state index is 6.64. The molecule has 4 heteroatoms. The Morgan fingerprint density at radius 2 is 1.95 bits per heavy atom. The molecule has 1 fully saturated rings. The van der Waals surface area contributed by atoms with Gasteiger partial charge in [0, 0.05) is 20.7 Å². The Kier molecular flexibility index (Phi) is 5.40. The lowest BCUT2D eigenvalue weighted by molar-refractivity contribution is 0.200. The fourth-order valence-corrected chi connectivity index (χ4v) is 4.08. The summed E-state index contributed by atoms with van der Waals surface area (Å²) in [5.41, 5.74) is 1.29. The van der Waals surface area contributed by atoms with Crippen LogP contribution in [-0.4, -0.2) is 23.4 Å². The van der Waals surface area contributed by atoms with Crippen LogP contribution in [-0.2, 0) is 10.6 Å². The van der Waals surface area contributed by atoms with Gasteiger partial charge in [-0.05, 0) is 49.0 Å². The van der Waals surface area contributed by atoms with Crippen molar-refractivity contribution in [1.82, 2.24) is 0 Å². The number of benzene rings is 1. The van der Waals surface area contributed by atoms with Crippen LogP contribution in [0.4, 0.5) is 0 Å². The van der Waals surface area contributed by atoms with Crippen molar-refractivity contribution >= 4 is 37.8 Å². The van der Waals surface area contributed by atoms with Crippen molar-refractivity contribution < 1.29 is 4.18 Å². The molecule has 0 bridgehead atoms. The average molecular weight is 394 g/mol. The molecule has 0 N–H and O–H groups in total. The molecular formula is C17H26BrClOS. The molecule has 1 atom stereocenters. The summed E-state index contributed by atoms with van der Waals surface area (Å²) in [6, 6.07) is 6.06. The minimum Gasteiger partial charge on any atom is -0.333 e. The molecule has 1 saturated carbocycles. The smallest absolute Gasteiger partial charge is 0.0769 e. The van der Waals surface area contributed by atoms with Crippen LogP contribution >= 0.6 is 37.8 Å². The Morgan fingerprint density at radius 1 is 1.33 bits per heavy atom. The normalized spacial score (nSPS) is 18.6. The van der Waals surface area contributed by atoms with E-state index in [-0.39, 0.29) is 4.75 Å². The molecular weight excluding hydrogens is 368 g/mol. The first-order valence-corrected chi connectivity index (χ1v) is 11.0. The molecule has 0 saturated heterocycles. The molecule has 1 aromatic rings.